The van der Waals surface area contributed by atoms with Crippen LogP contribution >= 0.6 is 0 Å². The lowest BCUT2D eigenvalue weighted by molar-refractivity contribution is -0.298. The van der Waals surface area contributed by atoms with Crippen molar-refractivity contribution < 1.29 is 19.0 Å². The molecule has 4 saturated carbocycles. The zero-order valence-corrected chi connectivity index (χ0v) is 20.8. The molecule has 4 heteroatoms. The molecule has 4 aliphatic carbocycles. The van der Waals surface area contributed by atoms with Gasteiger partial charge in [-0.25, -0.2) is 0 Å². The number of carbonyl (C=O) groups is 1. The Labute approximate surface area is 195 Å². The molecule has 0 radical (unpaired) electrons. The Kier molecular flexibility index (Phi) is 6.53. The van der Waals surface area contributed by atoms with E-state index in [4.69, 9.17) is 14.2 Å². The Bertz CT molecular complexity index is 670. The summed E-state index contributed by atoms with van der Waals surface area (Å²) in [5, 5.41) is 0. The molecule has 4 nitrogen and oxygen atoms in total. The third-order valence-corrected chi connectivity index (χ3v) is 11.4. The van der Waals surface area contributed by atoms with Crippen molar-refractivity contribution in [1.82, 2.24) is 0 Å². The van der Waals surface area contributed by atoms with Gasteiger partial charge < -0.3 is 19.0 Å². The first kappa shape index (κ1) is 23.3. The van der Waals surface area contributed by atoms with Gasteiger partial charge in [0.25, 0.3) is 0 Å². The first-order valence-electron chi connectivity index (χ1n) is 13.7. The fourth-order valence-corrected chi connectivity index (χ4v) is 9.68. The lowest BCUT2D eigenvalue weighted by Crippen LogP contribution is -2.57. The first-order valence-corrected chi connectivity index (χ1v) is 13.7. The van der Waals surface area contributed by atoms with Crippen LogP contribution in [0.2, 0.25) is 0 Å². The number of hydrogen-bond acceptors (Lipinski definition) is 4. The summed E-state index contributed by atoms with van der Waals surface area (Å²) in [7, 11) is 0. The van der Waals surface area contributed by atoms with E-state index in [0.717, 1.165) is 61.6 Å². The Balaban J connectivity index is 1.31. The average Bonchev–Trinajstić information content (AvgIpc) is 3.12. The van der Waals surface area contributed by atoms with Crippen LogP contribution in [-0.2, 0) is 19.0 Å². The fraction of sp³-hybridized carbons (Fsp3) is 0.964. The van der Waals surface area contributed by atoms with E-state index >= 15 is 0 Å². The first-order chi connectivity index (χ1) is 15.4. The predicted octanol–water partition coefficient (Wildman–Crippen LogP) is 6.02. The minimum atomic E-state index is -0.351. The van der Waals surface area contributed by atoms with Crippen LogP contribution in [0.1, 0.15) is 91.4 Å². The summed E-state index contributed by atoms with van der Waals surface area (Å²) in [5.41, 5.74) is 0.941. The van der Waals surface area contributed by atoms with Crippen LogP contribution in [0.15, 0.2) is 0 Å². The fourth-order valence-electron chi connectivity index (χ4n) is 9.68. The monoisotopic (exact) mass is 446 g/mol. The van der Waals surface area contributed by atoms with Gasteiger partial charge in [-0.3, -0.25) is 0 Å². The summed E-state index contributed by atoms with van der Waals surface area (Å²) >= 11 is 0. The molecular formula is C28H46O4. The van der Waals surface area contributed by atoms with Crippen LogP contribution < -0.4 is 0 Å². The topological polar surface area (TPSA) is 44.8 Å². The Morgan fingerprint density at radius 3 is 2.38 bits per heavy atom. The molecular weight excluding hydrogens is 400 g/mol. The molecule has 32 heavy (non-hydrogen) atoms. The quantitative estimate of drug-likeness (QED) is 0.495. The van der Waals surface area contributed by atoms with E-state index in [2.05, 4.69) is 20.8 Å². The zero-order chi connectivity index (χ0) is 22.4. The van der Waals surface area contributed by atoms with Crippen LogP contribution in [0.25, 0.3) is 0 Å². The summed E-state index contributed by atoms with van der Waals surface area (Å²) in [5.74, 6) is 4.54. The lowest BCUT2D eigenvalue weighted by atomic mass is 9.44. The highest BCUT2D eigenvalue weighted by Gasteiger charge is 2.62. The van der Waals surface area contributed by atoms with Gasteiger partial charge in [0.15, 0.2) is 5.79 Å². The van der Waals surface area contributed by atoms with E-state index in [1.165, 1.54) is 44.9 Å². The van der Waals surface area contributed by atoms with Crippen LogP contribution in [0.3, 0.4) is 0 Å². The van der Waals surface area contributed by atoms with Crippen molar-refractivity contribution in [3.05, 3.63) is 0 Å². The van der Waals surface area contributed by atoms with Crippen LogP contribution in [0, 0.1) is 46.3 Å². The van der Waals surface area contributed by atoms with Gasteiger partial charge in [-0.1, -0.05) is 20.8 Å². The highest BCUT2D eigenvalue weighted by Crippen LogP contribution is 2.69. The molecule has 0 aromatic carbocycles. The number of ether oxygens (including phenoxy) is 3. The lowest BCUT2D eigenvalue weighted by Gasteiger charge is -2.62. The average molecular weight is 447 g/mol. The van der Waals surface area contributed by atoms with Gasteiger partial charge in [-0.2, -0.15) is 0 Å². The zero-order valence-electron chi connectivity index (χ0n) is 20.8. The Hall–Kier alpha value is -0.450. The number of aldehydes is 1. The summed E-state index contributed by atoms with van der Waals surface area (Å²) in [6.07, 6.45) is 14.7. The Morgan fingerprint density at radius 1 is 0.875 bits per heavy atom. The summed E-state index contributed by atoms with van der Waals surface area (Å²) in [4.78, 5) is 11.0. The summed E-state index contributed by atoms with van der Waals surface area (Å²) in [6.45, 7) is 10.4. The van der Waals surface area contributed by atoms with E-state index in [9.17, 15) is 4.79 Å². The molecule has 182 valence electrons. The second-order valence-electron chi connectivity index (χ2n) is 12.5. The van der Waals surface area contributed by atoms with Crippen LogP contribution in [-0.4, -0.2) is 38.5 Å². The molecule has 1 spiro atoms. The van der Waals surface area contributed by atoms with Crippen molar-refractivity contribution in [2.45, 2.75) is 97.2 Å². The molecule has 5 aliphatic rings. The highest BCUT2D eigenvalue weighted by atomic mass is 16.7. The van der Waals surface area contributed by atoms with E-state index < -0.39 is 0 Å². The van der Waals surface area contributed by atoms with Gasteiger partial charge in [0.1, 0.15) is 6.29 Å². The van der Waals surface area contributed by atoms with Crippen molar-refractivity contribution in [3.8, 4) is 0 Å². The van der Waals surface area contributed by atoms with Crippen molar-refractivity contribution >= 4 is 6.29 Å². The SMILES string of the molecule is C[C@H](CCC=O)[C@H]1CC[C@H]2[C@@H]3CCC4CC5(CC[C@]4(C)[C@H]3CC[C@]12C)OCCOCCO5. The molecule has 5 fully saturated rings. The number of fused-ring (bicyclic) bond motifs is 5. The smallest absolute Gasteiger partial charge is 0.168 e. The molecule has 0 N–H and O–H groups in total. The maximum atomic E-state index is 11.0. The number of carbonyl (C=O) groups excluding carboxylic acids is 1. The molecule has 0 aromatic heterocycles. The van der Waals surface area contributed by atoms with E-state index in [1.54, 1.807) is 0 Å². The molecule has 0 amide bonds. The van der Waals surface area contributed by atoms with E-state index in [1.807, 2.05) is 0 Å². The molecule has 0 aromatic rings. The van der Waals surface area contributed by atoms with Gasteiger partial charge in [0, 0.05) is 19.3 Å². The molecule has 5 rings (SSSR count). The van der Waals surface area contributed by atoms with Gasteiger partial charge in [-0.05, 0) is 97.7 Å². The van der Waals surface area contributed by atoms with E-state index in [0.29, 0.717) is 43.2 Å². The molecule has 1 unspecified atom stereocenters. The maximum absolute atomic E-state index is 11.0. The van der Waals surface area contributed by atoms with Gasteiger partial charge in [0.2, 0.25) is 0 Å². The molecule has 1 aliphatic heterocycles. The van der Waals surface area contributed by atoms with Crippen LogP contribution in [0.4, 0.5) is 0 Å². The largest absolute Gasteiger partial charge is 0.377 e. The number of rotatable bonds is 4. The number of hydrogen-bond donors (Lipinski definition) is 0. The van der Waals surface area contributed by atoms with Crippen LogP contribution in [0.5, 0.6) is 0 Å². The molecule has 8 atom stereocenters. The minimum Gasteiger partial charge on any atom is -0.377 e. The highest BCUT2D eigenvalue weighted by molar-refractivity contribution is 5.49. The van der Waals surface area contributed by atoms with Gasteiger partial charge in [0.05, 0.1) is 26.4 Å². The minimum absolute atomic E-state index is 0.351. The maximum Gasteiger partial charge on any atom is 0.168 e. The second-order valence-corrected chi connectivity index (χ2v) is 12.5. The standard InChI is InChI=1S/C28H46O4/c1-20(5-4-14-29)23-8-9-24-22-7-6-21-19-28(31-17-15-30-16-18-32-28)13-12-26(21,2)25(22)10-11-27(23,24)3/h14,20-25H,4-13,15-19H2,1-3H3/t20-,21?,22+,23-,24+,25+,26+,27-/m1/s1. The van der Waals surface area contributed by atoms with Gasteiger partial charge >= 0.3 is 0 Å². The third-order valence-electron chi connectivity index (χ3n) is 11.4. The molecule has 1 heterocycles. The van der Waals surface area contributed by atoms with Crippen molar-refractivity contribution in [3.63, 3.8) is 0 Å². The van der Waals surface area contributed by atoms with Crippen molar-refractivity contribution in [2.75, 3.05) is 26.4 Å². The molecule has 0 bridgehead atoms. The van der Waals surface area contributed by atoms with Crippen molar-refractivity contribution in [1.29, 1.82) is 0 Å². The Morgan fingerprint density at radius 2 is 1.62 bits per heavy atom. The normalized spacial score (nSPS) is 46.9. The summed E-state index contributed by atoms with van der Waals surface area (Å²) < 4.78 is 18.2. The van der Waals surface area contributed by atoms with Gasteiger partial charge in [-0.15, -0.1) is 0 Å². The predicted molar refractivity (Wildman–Crippen MR) is 125 cm³/mol. The van der Waals surface area contributed by atoms with Crippen molar-refractivity contribution in [2.24, 2.45) is 46.3 Å². The summed E-state index contributed by atoms with van der Waals surface area (Å²) in [6, 6.07) is 0. The second kappa shape index (κ2) is 8.96. The third kappa shape index (κ3) is 3.81. The van der Waals surface area contributed by atoms with E-state index in [-0.39, 0.29) is 5.79 Å². The molecule has 1 saturated heterocycles.